The first-order valence-corrected chi connectivity index (χ1v) is 23.4. The van der Waals surface area contributed by atoms with E-state index in [1.807, 2.05) is 24.3 Å². The summed E-state index contributed by atoms with van der Waals surface area (Å²) in [6, 6.07) is 16.3. The number of nitrogens with zero attached hydrogens (tertiary/aromatic N) is 9. The first kappa shape index (κ1) is 44.6. The number of pyridine rings is 1. The minimum Gasteiger partial charge on any atom is -0.489 e. The molecule has 1 saturated carbocycles. The highest BCUT2D eigenvalue weighted by molar-refractivity contribution is 6.31. The summed E-state index contributed by atoms with van der Waals surface area (Å²) >= 11 is 6.26. The number of hydrogen-bond donors (Lipinski definition) is 2. The van der Waals surface area contributed by atoms with Crippen molar-refractivity contribution in [2.24, 2.45) is 16.7 Å². The van der Waals surface area contributed by atoms with Crippen LogP contribution < -0.4 is 30.7 Å². The second kappa shape index (κ2) is 18.0. The van der Waals surface area contributed by atoms with Gasteiger partial charge in [0.25, 0.3) is 17.4 Å². The maximum Gasteiger partial charge on any atom is 0.278 e. The molecule has 4 aliphatic heterocycles. The average Bonchev–Trinajstić information content (AvgIpc) is 3.31. The standard InChI is InChI=1S/C48H58ClN11O5/c1-47(2)45(48(3,4)46(47)65-35-8-5-31(27-50)37(49)26-35)53-42(62)32-6-11-40(51-28-32)59-17-13-30(14-18-59)29-56-21-23-58(24-22-56)33-15-19-57(20-16-33)34-7-9-36-38(25-34)54-55-60(44(36)64)39-10-12-41(61)52-43(39)63/h5-9,11,25-26,28,30,33,39,45-46H,10,12-24,29H2,1-4H3,(H,53,62)(H,52,61,63). The lowest BCUT2D eigenvalue weighted by atomic mass is 9.49. The largest absolute Gasteiger partial charge is 0.489 e. The molecule has 2 N–H and O–H groups in total. The van der Waals surface area contributed by atoms with Crippen LogP contribution in [-0.4, -0.2) is 125 Å². The molecule has 5 aliphatic rings. The van der Waals surface area contributed by atoms with Gasteiger partial charge in [-0.3, -0.25) is 29.4 Å². The summed E-state index contributed by atoms with van der Waals surface area (Å²) in [5.74, 6) is 1.14. The van der Waals surface area contributed by atoms with E-state index in [1.165, 1.54) is 0 Å². The second-order valence-electron chi connectivity index (χ2n) is 19.7. The van der Waals surface area contributed by atoms with Gasteiger partial charge in [0.2, 0.25) is 5.91 Å². The summed E-state index contributed by atoms with van der Waals surface area (Å²) in [6.07, 6.45) is 6.28. The smallest absolute Gasteiger partial charge is 0.278 e. The normalized spacial score (nSPS) is 24.3. The molecule has 1 aliphatic carbocycles. The van der Waals surface area contributed by atoms with Gasteiger partial charge in [-0.2, -0.15) is 9.94 Å². The number of ether oxygens (including phenoxy) is 1. The Balaban J connectivity index is 0.695. The molecule has 17 heteroatoms. The highest BCUT2D eigenvalue weighted by Gasteiger charge is 2.64. The fourth-order valence-electron chi connectivity index (χ4n) is 11.4. The zero-order chi connectivity index (χ0) is 45.6. The fourth-order valence-corrected chi connectivity index (χ4v) is 11.6. The Morgan fingerprint density at radius 3 is 2.28 bits per heavy atom. The number of carbonyl (C=O) groups is 3. The summed E-state index contributed by atoms with van der Waals surface area (Å²) in [5, 5.41) is 23.9. The van der Waals surface area contributed by atoms with E-state index in [4.69, 9.17) is 21.3 Å². The van der Waals surface area contributed by atoms with Crippen molar-refractivity contribution in [1.82, 2.24) is 40.4 Å². The van der Waals surface area contributed by atoms with Gasteiger partial charge in [-0.25, -0.2) is 4.98 Å². The Morgan fingerprint density at radius 2 is 1.62 bits per heavy atom. The van der Waals surface area contributed by atoms with Crippen LogP contribution in [0.3, 0.4) is 0 Å². The Kier molecular flexibility index (Phi) is 12.3. The van der Waals surface area contributed by atoms with Gasteiger partial charge in [0.05, 0.1) is 21.5 Å². The van der Waals surface area contributed by atoms with E-state index in [9.17, 15) is 24.4 Å². The van der Waals surface area contributed by atoms with Gasteiger partial charge in [-0.1, -0.05) is 44.5 Å². The maximum atomic E-state index is 13.5. The molecule has 2 aromatic carbocycles. The number of aromatic nitrogens is 4. The Labute approximate surface area is 384 Å². The van der Waals surface area contributed by atoms with E-state index in [1.54, 1.807) is 30.5 Å². The molecule has 0 bridgehead atoms. The van der Waals surface area contributed by atoms with Crippen molar-refractivity contribution < 1.29 is 19.1 Å². The molecule has 4 saturated heterocycles. The summed E-state index contributed by atoms with van der Waals surface area (Å²) in [5.41, 5.74) is 1.36. The first-order valence-electron chi connectivity index (χ1n) is 23.0. The monoisotopic (exact) mass is 903 g/mol. The third-order valence-electron chi connectivity index (χ3n) is 14.8. The van der Waals surface area contributed by atoms with E-state index in [0.717, 1.165) is 101 Å². The molecular formula is C48H58ClN11O5. The number of halogens is 1. The molecule has 16 nitrogen and oxygen atoms in total. The molecule has 3 amide bonds. The molecule has 1 unspecified atom stereocenters. The zero-order valence-corrected chi connectivity index (χ0v) is 38.4. The van der Waals surface area contributed by atoms with E-state index in [-0.39, 0.29) is 53.2 Å². The fraction of sp³-hybridized carbons (Fsp3) is 0.542. The second-order valence-corrected chi connectivity index (χ2v) is 20.1. The molecule has 5 fully saturated rings. The summed E-state index contributed by atoms with van der Waals surface area (Å²) < 4.78 is 7.49. The highest BCUT2D eigenvalue weighted by atomic mass is 35.5. The third kappa shape index (κ3) is 8.90. The number of carbonyl (C=O) groups excluding carboxylic acids is 3. The van der Waals surface area contributed by atoms with E-state index >= 15 is 0 Å². The molecule has 342 valence electrons. The van der Waals surface area contributed by atoms with Gasteiger partial charge < -0.3 is 24.8 Å². The Hall–Kier alpha value is -5.63. The number of rotatable bonds is 10. The number of imide groups is 1. The molecular weight excluding hydrogens is 846 g/mol. The van der Waals surface area contributed by atoms with Crippen molar-refractivity contribution in [3.8, 4) is 11.8 Å². The van der Waals surface area contributed by atoms with Crippen LogP contribution in [-0.2, 0) is 9.59 Å². The average molecular weight is 905 g/mol. The SMILES string of the molecule is CC1(C)C(NC(=O)c2ccc(N3CCC(CN4CCN(C5CCN(c6ccc7c(=O)n(C8CCC(=O)NC8=O)nnc7c6)CC5)CC4)CC3)nc2)C(C)(C)C1Oc1ccc(C#N)c(Cl)c1. The van der Waals surface area contributed by atoms with Crippen molar-refractivity contribution >= 4 is 51.7 Å². The van der Waals surface area contributed by atoms with E-state index in [0.29, 0.717) is 44.8 Å². The number of amides is 3. The van der Waals surface area contributed by atoms with Gasteiger partial charge in [0, 0.05) is 106 Å². The lowest BCUT2D eigenvalue weighted by molar-refractivity contribution is -0.164. The zero-order valence-electron chi connectivity index (χ0n) is 37.6. The number of anilines is 2. The van der Waals surface area contributed by atoms with Crippen molar-refractivity contribution in [3.63, 3.8) is 0 Å². The summed E-state index contributed by atoms with van der Waals surface area (Å²) in [4.78, 5) is 65.5. The van der Waals surface area contributed by atoms with Gasteiger partial charge >= 0.3 is 0 Å². The minimum atomic E-state index is -0.837. The number of nitrogens with one attached hydrogen (secondary N) is 2. The van der Waals surface area contributed by atoms with E-state index < -0.39 is 11.9 Å². The van der Waals surface area contributed by atoms with Gasteiger partial charge in [0.15, 0.2) is 0 Å². The van der Waals surface area contributed by atoms with Crippen LogP contribution in [0.25, 0.3) is 10.9 Å². The molecule has 65 heavy (non-hydrogen) atoms. The number of nitriles is 1. The third-order valence-corrected chi connectivity index (χ3v) is 15.1. The summed E-state index contributed by atoms with van der Waals surface area (Å²) in [6.45, 7) is 17.6. The Morgan fingerprint density at radius 1 is 0.892 bits per heavy atom. The number of fused-ring (bicyclic) bond motifs is 1. The maximum absolute atomic E-state index is 13.5. The van der Waals surface area contributed by atoms with Crippen LogP contribution in [0.5, 0.6) is 5.75 Å². The lowest BCUT2D eigenvalue weighted by Crippen LogP contribution is -2.74. The van der Waals surface area contributed by atoms with Gasteiger partial charge in [-0.15, -0.1) is 5.10 Å². The molecule has 9 rings (SSSR count). The molecule has 2 aromatic heterocycles. The van der Waals surface area contributed by atoms with Crippen LogP contribution in [0, 0.1) is 28.1 Å². The molecule has 1 atom stereocenters. The van der Waals surface area contributed by atoms with Gasteiger partial charge in [0.1, 0.15) is 35.3 Å². The lowest BCUT2D eigenvalue weighted by Gasteiger charge is -2.63. The van der Waals surface area contributed by atoms with Crippen LogP contribution in [0.15, 0.2) is 59.5 Å². The van der Waals surface area contributed by atoms with Crippen molar-refractivity contribution in [3.05, 3.63) is 81.2 Å². The van der Waals surface area contributed by atoms with E-state index in [2.05, 4.69) is 74.3 Å². The number of hydrogen-bond acceptors (Lipinski definition) is 13. The topological polar surface area (TPSA) is 182 Å². The molecule has 6 heterocycles. The number of piperidine rings is 3. The predicted octanol–water partition coefficient (Wildman–Crippen LogP) is 4.80. The quantitative estimate of drug-likeness (QED) is 0.207. The molecule has 4 aromatic rings. The number of piperazine rings is 1. The van der Waals surface area contributed by atoms with Crippen LogP contribution in [0.2, 0.25) is 5.02 Å². The molecule has 0 spiro atoms. The van der Waals surface area contributed by atoms with Gasteiger partial charge in [-0.05, 0) is 80.5 Å². The van der Waals surface area contributed by atoms with Crippen LogP contribution in [0.4, 0.5) is 11.5 Å². The van der Waals surface area contributed by atoms with Crippen LogP contribution in [0.1, 0.15) is 88.2 Å². The van der Waals surface area contributed by atoms with Crippen molar-refractivity contribution in [2.45, 2.75) is 90.4 Å². The molecule has 0 radical (unpaired) electrons. The minimum absolute atomic E-state index is 0.135. The first-order chi connectivity index (χ1) is 31.2. The van der Waals surface area contributed by atoms with Crippen molar-refractivity contribution in [2.75, 3.05) is 68.7 Å². The predicted molar refractivity (Wildman–Crippen MR) is 247 cm³/mol. The van der Waals surface area contributed by atoms with Crippen molar-refractivity contribution in [1.29, 1.82) is 5.26 Å². The highest BCUT2D eigenvalue weighted by Crippen LogP contribution is 2.55. The Bertz CT molecular complexity index is 2540. The number of benzene rings is 2. The van der Waals surface area contributed by atoms with Crippen LogP contribution >= 0.6 is 11.6 Å². The summed E-state index contributed by atoms with van der Waals surface area (Å²) in [7, 11) is 0.